The highest BCUT2D eigenvalue weighted by Crippen LogP contribution is 2.28. The minimum Gasteiger partial charge on any atom is -0.364 e. The monoisotopic (exact) mass is 413 g/mol. The van der Waals surface area contributed by atoms with Crippen LogP contribution in [0.5, 0.6) is 0 Å². The van der Waals surface area contributed by atoms with Gasteiger partial charge in [0, 0.05) is 23.7 Å². The molecule has 4 rings (SSSR count). The van der Waals surface area contributed by atoms with Gasteiger partial charge in [0.2, 0.25) is 5.95 Å². The minimum atomic E-state index is 0.291. The number of hydrogen-bond acceptors (Lipinski definition) is 6. The SMILES string of the molecule is CC(C)c1[nH]nc2c(NCc3ccc(Cl)cc3)nc(NC3CCC(N)CC3)nc12. The maximum atomic E-state index is 6.04. The summed E-state index contributed by atoms with van der Waals surface area (Å²) >= 11 is 5.99. The zero-order valence-electron chi connectivity index (χ0n) is 16.9. The van der Waals surface area contributed by atoms with Crippen molar-refractivity contribution in [2.24, 2.45) is 5.73 Å². The molecule has 154 valence electrons. The van der Waals surface area contributed by atoms with E-state index < -0.39 is 0 Å². The molecule has 5 N–H and O–H groups in total. The van der Waals surface area contributed by atoms with Crippen LogP contribution in [0.15, 0.2) is 24.3 Å². The number of nitrogens with one attached hydrogen (secondary N) is 3. The summed E-state index contributed by atoms with van der Waals surface area (Å²) in [5, 5.41) is 15.3. The number of aromatic nitrogens is 4. The minimum absolute atomic E-state index is 0.291. The zero-order chi connectivity index (χ0) is 20.4. The Bertz CT molecular complexity index is 959. The summed E-state index contributed by atoms with van der Waals surface area (Å²) in [5.41, 5.74) is 9.81. The highest BCUT2D eigenvalue weighted by molar-refractivity contribution is 6.30. The fourth-order valence-corrected chi connectivity index (χ4v) is 3.87. The Morgan fingerprint density at radius 3 is 2.52 bits per heavy atom. The molecule has 1 saturated carbocycles. The molecule has 0 unspecified atom stereocenters. The van der Waals surface area contributed by atoms with Crippen molar-refractivity contribution < 1.29 is 0 Å². The van der Waals surface area contributed by atoms with Gasteiger partial charge in [-0.2, -0.15) is 10.1 Å². The molecule has 3 aromatic rings. The summed E-state index contributed by atoms with van der Waals surface area (Å²) in [5.74, 6) is 1.66. The molecular weight excluding hydrogens is 386 g/mol. The van der Waals surface area contributed by atoms with Gasteiger partial charge < -0.3 is 16.4 Å². The highest BCUT2D eigenvalue weighted by Gasteiger charge is 2.21. The number of hydrogen-bond donors (Lipinski definition) is 4. The smallest absolute Gasteiger partial charge is 0.225 e. The number of anilines is 2. The molecule has 2 heterocycles. The summed E-state index contributed by atoms with van der Waals surface area (Å²) in [6, 6.07) is 8.45. The quantitative estimate of drug-likeness (QED) is 0.476. The van der Waals surface area contributed by atoms with E-state index in [0.717, 1.165) is 58.8 Å². The third kappa shape index (κ3) is 4.62. The molecule has 0 atom stereocenters. The maximum absolute atomic E-state index is 6.04. The van der Waals surface area contributed by atoms with Crippen LogP contribution < -0.4 is 16.4 Å². The molecule has 1 aromatic carbocycles. The Morgan fingerprint density at radius 2 is 1.83 bits per heavy atom. The average Bonchev–Trinajstić information content (AvgIpc) is 3.13. The molecule has 2 aromatic heterocycles. The van der Waals surface area contributed by atoms with Crippen LogP contribution in [0, 0.1) is 0 Å². The van der Waals surface area contributed by atoms with Crippen LogP contribution in [0.4, 0.5) is 11.8 Å². The third-order valence-electron chi connectivity index (χ3n) is 5.48. The van der Waals surface area contributed by atoms with Gasteiger partial charge in [0.05, 0.1) is 5.69 Å². The molecule has 0 radical (unpaired) electrons. The van der Waals surface area contributed by atoms with Gasteiger partial charge in [-0.15, -0.1) is 0 Å². The Balaban J connectivity index is 1.61. The standard InChI is InChI=1S/C21H28ClN7/c1-12(2)17-18-19(29-28-17)20(24-11-13-3-5-14(22)6-4-13)27-21(26-18)25-16-9-7-15(23)8-10-16/h3-6,12,15-16H,7-11,23H2,1-2H3,(H,28,29)(H2,24,25,26,27). The molecule has 0 aliphatic heterocycles. The molecular formula is C21H28ClN7. The van der Waals surface area contributed by atoms with E-state index >= 15 is 0 Å². The van der Waals surface area contributed by atoms with Crippen LogP contribution in [-0.4, -0.2) is 32.2 Å². The van der Waals surface area contributed by atoms with Gasteiger partial charge >= 0.3 is 0 Å². The van der Waals surface area contributed by atoms with Crippen molar-refractivity contribution in [3.05, 3.63) is 40.5 Å². The van der Waals surface area contributed by atoms with Gasteiger partial charge in [-0.25, -0.2) is 4.98 Å². The van der Waals surface area contributed by atoms with Crippen molar-refractivity contribution in [3.63, 3.8) is 0 Å². The third-order valence-corrected chi connectivity index (χ3v) is 5.73. The van der Waals surface area contributed by atoms with Gasteiger partial charge in [0.25, 0.3) is 0 Å². The second-order valence-electron chi connectivity index (χ2n) is 8.12. The van der Waals surface area contributed by atoms with E-state index in [4.69, 9.17) is 27.3 Å². The second-order valence-corrected chi connectivity index (χ2v) is 8.56. The Hall–Kier alpha value is -2.38. The van der Waals surface area contributed by atoms with Gasteiger partial charge in [0.1, 0.15) is 5.52 Å². The lowest BCUT2D eigenvalue weighted by Gasteiger charge is -2.26. The lowest BCUT2D eigenvalue weighted by atomic mass is 9.92. The van der Waals surface area contributed by atoms with Crippen LogP contribution in [0.3, 0.4) is 0 Å². The lowest BCUT2D eigenvalue weighted by Crippen LogP contribution is -2.33. The molecule has 8 heteroatoms. The lowest BCUT2D eigenvalue weighted by molar-refractivity contribution is 0.410. The molecule has 0 amide bonds. The van der Waals surface area contributed by atoms with E-state index in [2.05, 4.69) is 34.7 Å². The van der Waals surface area contributed by atoms with E-state index in [-0.39, 0.29) is 0 Å². The Labute approximate surface area is 175 Å². The Morgan fingerprint density at radius 1 is 1.10 bits per heavy atom. The first-order valence-electron chi connectivity index (χ1n) is 10.3. The molecule has 0 spiro atoms. The molecule has 0 saturated heterocycles. The van der Waals surface area contributed by atoms with E-state index in [1.807, 2.05) is 24.3 Å². The first-order valence-corrected chi connectivity index (χ1v) is 10.6. The largest absolute Gasteiger partial charge is 0.364 e. The van der Waals surface area contributed by atoms with Crippen molar-refractivity contribution in [3.8, 4) is 0 Å². The number of fused-ring (bicyclic) bond motifs is 1. The predicted molar refractivity (Wildman–Crippen MR) is 118 cm³/mol. The summed E-state index contributed by atoms with van der Waals surface area (Å²) in [6.07, 6.45) is 4.14. The fourth-order valence-electron chi connectivity index (χ4n) is 3.74. The first-order chi connectivity index (χ1) is 14.0. The highest BCUT2D eigenvalue weighted by atomic mass is 35.5. The summed E-state index contributed by atoms with van der Waals surface area (Å²) in [7, 11) is 0. The van der Waals surface area contributed by atoms with Crippen molar-refractivity contribution in [1.29, 1.82) is 0 Å². The van der Waals surface area contributed by atoms with E-state index in [1.54, 1.807) is 0 Å². The molecule has 1 fully saturated rings. The number of aromatic amines is 1. The van der Waals surface area contributed by atoms with Crippen LogP contribution in [0.1, 0.15) is 56.7 Å². The van der Waals surface area contributed by atoms with Crippen LogP contribution in [0.2, 0.25) is 5.02 Å². The van der Waals surface area contributed by atoms with Gasteiger partial charge in [-0.05, 0) is 49.3 Å². The van der Waals surface area contributed by atoms with E-state index in [0.29, 0.717) is 30.5 Å². The van der Waals surface area contributed by atoms with Gasteiger partial charge in [-0.3, -0.25) is 5.10 Å². The Kier molecular flexibility index (Phi) is 5.87. The number of nitrogens with zero attached hydrogens (tertiary/aromatic N) is 3. The number of H-pyrrole nitrogens is 1. The van der Waals surface area contributed by atoms with Gasteiger partial charge in [-0.1, -0.05) is 37.6 Å². The molecule has 1 aliphatic carbocycles. The fraction of sp³-hybridized carbons (Fsp3) is 0.476. The van der Waals surface area contributed by atoms with Crippen molar-refractivity contribution in [1.82, 2.24) is 20.2 Å². The topological polar surface area (TPSA) is 105 Å². The van der Waals surface area contributed by atoms with Crippen molar-refractivity contribution >= 4 is 34.4 Å². The number of halogens is 1. The van der Waals surface area contributed by atoms with Crippen molar-refractivity contribution in [2.75, 3.05) is 10.6 Å². The summed E-state index contributed by atoms with van der Waals surface area (Å²) < 4.78 is 0. The second kappa shape index (κ2) is 8.55. The van der Waals surface area contributed by atoms with Crippen LogP contribution in [0.25, 0.3) is 11.0 Å². The number of rotatable bonds is 6. The average molecular weight is 414 g/mol. The number of benzene rings is 1. The molecule has 1 aliphatic rings. The molecule has 29 heavy (non-hydrogen) atoms. The van der Waals surface area contributed by atoms with Gasteiger partial charge in [0.15, 0.2) is 11.3 Å². The van der Waals surface area contributed by atoms with E-state index in [1.165, 1.54) is 0 Å². The first kappa shape index (κ1) is 19.9. The van der Waals surface area contributed by atoms with E-state index in [9.17, 15) is 0 Å². The molecule has 7 nitrogen and oxygen atoms in total. The van der Waals surface area contributed by atoms with Crippen LogP contribution >= 0.6 is 11.6 Å². The predicted octanol–water partition coefficient (Wildman–Crippen LogP) is 4.42. The number of nitrogens with two attached hydrogens (primary N) is 1. The normalized spacial score (nSPS) is 19.6. The summed E-state index contributed by atoms with van der Waals surface area (Å²) in [4.78, 5) is 9.54. The maximum Gasteiger partial charge on any atom is 0.225 e. The van der Waals surface area contributed by atoms with Crippen molar-refractivity contribution in [2.45, 2.75) is 64.1 Å². The molecule has 0 bridgehead atoms. The summed E-state index contributed by atoms with van der Waals surface area (Å²) in [6.45, 7) is 4.89. The van der Waals surface area contributed by atoms with Crippen LogP contribution in [-0.2, 0) is 6.54 Å². The zero-order valence-corrected chi connectivity index (χ0v) is 17.6.